The summed E-state index contributed by atoms with van der Waals surface area (Å²) in [6, 6.07) is 17.2. The van der Waals surface area contributed by atoms with Crippen molar-refractivity contribution in [3.63, 3.8) is 0 Å². The Bertz CT molecular complexity index is 653. The number of hydrogen-bond donors (Lipinski definition) is 0. The Morgan fingerprint density at radius 1 is 0.818 bits per heavy atom. The highest BCUT2D eigenvalue weighted by molar-refractivity contribution is 5.80. The number of aryl methyl sites for hydroxylation is 2. The standard InChI is InChI=1S/C21H23N/c1-3-8-18(9-4-1)10-7-15-22-17-19-13-14-20-11-5-2-6-12-21(20)16-19/h1,3-4,7-10,13-14,16-17H,2,5-6,11-12,15H2/b10-7+,22-17?. The molecule has 1 aliphatic rings. The summed E-state index contributed by atoms with van der Waals surface area (Å²) >= 11 is 0. The highest BCUT2D eigenvalue weighted by atomic mass is 14.7. The third-order valence-corrected chi connectivity index (χ3v) is 4.18. The largest absolute Gasteiger partial charge is 0.288 e. The van der Waals surface area contributed by atoms with E-state index in [0.29, 0.717) is 0 Å². The number of benzene rings is 2. The van der Waals surface area contributed by atoms with Gasteiger partial charge in [-0.2, -0.15) is 0 Å². The van der Waals surface area contributed by atoms with E-state index in [9.17, 15) is 0 Å². The van der Waals surface area contributed by atoms with E-state index < -0.39 is 0 Å². The summed E-state index contributed by atoms with van der Waals surface area (Å²) in [4.78, 5) is 4.52. The van der Waals surface area contributed by atoms with Crippen LogP contribution in [0.1, 0.15) is 41.5 Å². The van der Waals surface area contributed by atoms with Gasteiger partial charge in [-0.25, -0.2) is 0 Å². The van der Waals surface area contributed by atoms with Gasteiger partial charge in [0.05, 0.1) is 6.54 Å². The Kier molecular flexibility index (Phi) is 5.20. The smallest absolute Gasteiger partial charge is 0.0573 e. The van der Waals surface area contributed by atoms with Crippen LogP contribution in [0.15, 0.2) is 59.6 Å². The maximum absolute atomic E-state index is 4.52. The van der Waals surface area contributed by atoms with Gasteiger partial charge in [-0.05, 0) is 54.0 Å². The zero-order valence-corrected chi connectivity index (χ0v) is 13.0. The average molecular weight is 289 g/mol. The van der Waals surface area contributed by atoms with Crippen molar-refractivity contribution < 1.29 is 0 Å². The fourth-order valence-electron chi connectivity index (χ4n) is 2.98. The lowest BCUT2D eigenvalue weighted by molar-refractivity contribution is 0.711. The summed E-state index contributed by atoms with van der Waals surface area (Å²) in [5.41, 5.74) is 5.52. The molecule has 1 aliphatic carbocycles. The summed E-state index contributed by atoms with van der Waals surface area (Å²) < 4.78 is 0. The summed E-state index contributed by atoms with van der Waals surface area (Å²) in [6.45, 7) is 0.728. The zero-order chi connectivity index (χ0) is 15.0. The number of hydrogen-bond acceptors (Lipinski definition) is 1. The van der Waals surface area contributed by atoms with Crippen molar-refractivity contribution in [3.05, 3.63) is 76.9 Å². The van der Waals surface area contributed by atoms with E-state index in [2.05, 4.69) is 59.6 Å². The van der Waals surface area contributed by atoms with Crippen LogP contribution in [0.2, 0.25) is 0 Å². The minimum absolute atomic E-state index is 0.728. The van der Waals surface area contributed by atoms with Crippen LogP contribution in [0.4, 0.5) is 0 Å². The first-order valence-corrected chi connectivity index (χ1v) is 8.25. The Labute approximate surface area is 133 Å². The molecule has 0 fully saturated rings. The first-order chi connectivity index (χ1) is 10.9. The fraction of sp³-hybridized carbons (Fsp3) is 0.286. The monoisotopic (exact) mass is 289 g/mol. The van der Waals surface area contributed by atoms with Crippen molar-refractivity contribution >= 4 is 12.3 Å². The molecule has 0 heterocycles. The van der Waals surface area contributed by atoms with E-state index in [1.54, 1.807) is 5.56 Å². The molecule has 0 aromatic heterocycles. The second-order valence-corrected chi connectivity index (χ2v) is 5.90. The number of fused-ring (bicyclic) bond motifs is 1. The summed E-state index contributed by atoms with van der Waals surface area (Å²) in [5.74, 6) is 0. The Morgan fingerprint density at radius 3 is 2.50 bits per heavy atom. The lowest BCUT2D eigenvalue weighted by atomic mass is 10.0. The summed E-state index contributed by atoms with van der Waals surface area (Å²) in [5, 5.41) is 0. The molecule has 0 N–H and O–H groups in total. The van der Waals surface area contributed by atoms with Gasteiger partial charge in [0.25, 0.3) is 0 Å². The molecule has 0 saturated heterocycles. The molecule has 0 saturated carbocycles. The quantitative estimate of drug-likeness (QED) is 0.549. The van der Waals surface area contributed by atoms with Gasteiger partial charge in [-0.15, -0.1) is 0 Å². The molecule has 1 nitrogen and oxygen atoms in total. The van der Waals surface area contributed by atoms with Crippen LogP contribution >= 0.6 is 0 Å². The molecule has 0 atom stereocenters. The van der Waals surface area contributed by atoms with Gasteiger partial charge in [0, 0.05) is 6.21 Å². The first-order valence-electron chi connectivity index (χ1n) is 8.25. The Morgan fingerprint density at radius 2 is 1.64 bits per heavy atom. The molecule has 112 valence electrons. The summed E-state index contributed by atoms with van der Waals surface area (Å²) in [6.07, 6.45) is 12.7. The van der Waals surface area contributed by atoms with E-state index in [-0.39, 0.29) is 0 Å². The molecule has 0 spiro atoms. The minimum Gasteiger partial charge on any atom is -0.288 e. The molecule has 0 unspecified atom stereocenters. The fourth-order valence-corrected chi connectivity index (χ4v) is 2.98. The van der Waals surface area contributed by atoms with Crippen LogP contribution in [0.3, 0.4) is 0 Å². The van der Waals surface area contributed by atoms with Gasteiger partial charge in [0.1, 0.15) is 0 Å². The number of aliphatic imine (C=N–C) groups is 1. The lowest BCUT2D eigenvalue weighted by Gasteiger charge is -2.05. The van der Waals surface area contributed by atoms with Crippen LogP contribution < -0.4 is 0 Å². The molecule has 0 amide bonds. The average Bonchev–Trinajstić information content (AvgIpc) is 2.80. The van der Waals surface area contributed by atoms with Gasteiger partial charge in [0.2, 0.25) is 0 Å². The molecule has 1 heteroatoms. The molecular formula is C21H23N. The predicted octanol–water partition coefficient (Wildman–Crippen LogP) is 5.09. The van der Waals surface area contributed by atoms with Crippen molar-refractivity contribution in [2.45, 2.75) is 32.1 Å². The molecule has 22 heavy (non-hydrogen) atoms. The van der Waals surface area contributed by atoms with Crippen LogP contribution in [0, 0.1) is 0 Å². The molecule has 2 aromatic carbocycles. The lowest BCUT2D eigenvalue weighted by Crippen LogP contribution is -1.93. The second kappa shape index (κ2) is 7.74. The van der Waals surface area contributed by atoms with Crippen molar-refractivity contribution in [3.8, 4) is 0 Å². The van der Waals surface area contributed by atoms with Gasteiger partial charge in [0.15, 0.2) is 0 Å². The van der Waals surface area contributed by atoms with Crippen molar-refractivity contribution in [2.24, 2.45) is 4.99 Å². The van der Waals surface area contributed by atoms with Gasteiger partial charge in [-0.1, -0.05) is 61.0 Å². The highest BCUT2D eigenvalue weighted by Gasteiger charge is 2.07. The maximum atomic E-state index is 4.52. The van der Waals surface area contributed by atoms with Gasteiger partial charge >= 0.3 is 0 Å². The van der Waals surface area contributed by atoms with Crippen molar-refractivity contribution in [2.75, 3.05) is 6.54 Å². The van der Waals surface area contributed by atoms with E-state index in [4.69, 9.17) is 0 Å². The van der Waals surface area contributed by atoms with Crippen molar-refractivity contribution in [1.29, 1.82) is 0 Å². The minimum atomic E-state index is 0.728. The van der Waals surface area contributed by atoms with E-state index in [1.165, 1.54) is 48.8 Å². The van der Waals surface area contributed by atoms with Crippen LogP contribution in [0.25, 0.3) is 6.08 Å². The first kappa shape index (κ1) is 14.8. The second-order valence-electron chi connectivity index (χ2n) is 5.90. The van der Waals surface area contributed by atoms with Gasteiger partial charge in [-0.3, -0.25) is 4.99 Å². The molecule has 0 bridgehead atoms. The molecule has 0 aliphatic heterocycles. The van der Waals surface area contributed by atoms with E-state index in [1.807, 2.05) is 12.3 Å². The molecule has 3 rings (SSSR count). The Balaban J connectivity index is 1.59. The number of nitrogens with zero attached hydrogens (tertiary/aromatic N) is 1. The molecular weight excluding hydrogens is 266 g/mol. The van der Waals surface area contributed by atoms with Crippen LogP contribution in [-0.4, -0.2) is 12.8 Å². The highest BCUT2D eigenvalue weighted by Crippen LogP contribution is 2.21. The normalized spacial score (nSPS) is 15.1. The van der Waals surface area contributed by atoms with E-state index >= 15 is 0 Å². The van der Waals surface area contributed by atoms with Gasteiger partial charge < -0.3 is 0 Å². The Hall–Kier alpha value is -2.15. The third-order valence-electron chi connectivity index (χ3n) is 4.18. The topological polar surface area (TPSA) is 12.4 Å². The molecule has 0 radical (unpaired) electrons. The number of rotatable bonds is 4. The molecule has 2 aromatic rings. The van der Waals surface area contributed by atoms with Crippen LogP contribution in [-0.2, 0) is 12.8 Å². The van der Waals surface area contributed by atoms with Crippen LogP contribution in [0.5, 0.6) is 0 Å². The summed E-state index contributed by atoms with van der Waals surface area (Å²) in [7, 11) is 0. The SMILES string of the molecule is C(=NC/C=C/c1ccccc1)c1ccc2c(c1)CCCCC2. The third kappa shape index (κ3) is 4.17. The van der Waals surface area contributed by atoms with E-state index in [0.717, 1.165) is 6.54 Å². The van der Waals surface area contributed by atoms with Crippen molar-refractivity contribution in [1.82, 2.24) is 0 Å². The predicted molar refractivity (Wildman–Crippen MR) is 95.6 cm³/mol. The maximum Gasteiger partial charge on any atom is 0.0573 e. The zero-order valence-electron chi connectivity index (χ0n) is 13.0.